The van der Waals surface area contributed by atoms with Crippen LogP contribution < -0.4 is 10.7 Å². The van der Waals surface area contributed by atoms with Crippen molar-refractivity contribution in [3.8, 4) is 11.5 Å². The van der Waals surface area contributed by atoms with Crippen molar-refractivity contribution < 1.29 is 9.21 Å². The zero-order chi connectivity index (χ0) is 18.4. The van der Waals surface area contributed by atoms with Gasteiger partial charge in [0.05, 0.1) is 12.0 Å². The Hall–Kier alpha value is -3.08. The van der Waals surface area contributed by atoms with Gasteiger partial charge in [-0.3, -0.25) is 9.59 Å². The van der Waals surface area contributed by atoms with Crippen LogP contribution in [0.4, 0.5) is 5.69 Å². The number of furan rings is 1. The van der Waals surface area contributed by atoms with Gasteiger partial charge in [0.1, 0.15) is 11.5 Å². The van der Waals surface area contributed by atoms with Crippen LogP contribution in [0.3, 0.4) is 0 Å². The molecule has 0 aliphatic heterocycles. The number of pyridine rings is 1. The monoisotopic (exact) mass is 350 g/mol. The molecule has 3 aromatic rings. The molecule has 0 aliphatic carbocycles. The summed E-state index contributed by atoms with van der Waals surface area (Å²) in [5.74, 6) is 0.270. The molecule has 0 bridgehead atoms. The third kappa shape index (κ3) is 4.11. The van der Waals surface area contributed by atoms with E-state index in [1.54, 1.807) is 18.4 Å². The number of nitrogens with one attached hydrogen (secondary N) is 1. The number of unbranched alkanes of at least 4 members (excludes halogenated alkanes) is 2. The van der Waals surface area contributed by atoms with E-state index >= 15 is 0 Å². The Morgan fingerprint density at radius 1 is 1.08 bits per heavy atom. The molecule has 0 unspecified atom stereocenters. The smallest absolute Gasteiger partial charge is 0.272 e. The lowest BCUT2D eigenvalue weighted by Gasteiger charge is -2.17. The molecule has 5 heteroatoms. The second-order valence-corrected chi connectivity index (χ2v) is 6.12. The Balaban J connectivity index is 2.01. The predicted octanol–water partition coefficient (Wildman–Crippen LogP) is 4.55. The molecule has 0 atom stereocenters. The number of carbonyl (C=O) groups is 1. The van der Waals surface area contributed by atoms with Crippen LogP contribution in [-0.4, -0.2) is 10.5 Å². The Bertz CT molecular complexity index is 912. The van der Waals surface area contributed by atoms with Gasteiger partial charge < -0.3 is 14.3 Å². The van der Waals surface area contributed by atoms with Crippen LogP contribution in [-0.2, 0) is 6.54 Å². The average molecular weight is 350 g/mol. The quantitative estimate of drug-likeness (QED) is 0.636. The number of rotatable bonds is 7. The highest BCUT2D eigenvalue weighted by Crippen LogP contribution is 2.21. The molecule has 2 heterocycles. The van der Waals surface area contributed by atoms with Gasteiger partial charge in [0.25, 0.3) is 5.91 Å². The van der Waals surface area contributed by atoms with Gasteiger partial charge in [-0.25, -0.2) is 0 Å². The summed E-state index contributed by atoms with van der Waals surface area (Å²) in [4.78, 5) is 25.1. The maximum atomic E-state index is 12.8. The molecule has 0 spiro atoms. The van der Waals surface area contributed by atoms with E-state index in [0.29, 0.717) is 29.4 Å². The second-order valence-electron chi connectivity index (χ2n) is 6.12. The van der Waals surface area contributed by atoms with E-state index in [1.165, 1.54) is 12.1 Å². The number of amides is 1. The van der Waals surface area contributed by atoms with Gasteiger partial charge in [0.15, 0.2) is 5.43 Å². The number of para-hydroxylation sites is 1. The van der Waals surface area contributed by atoms with E-state index in [1.807, 2.05) is 34.9 Å². The molecule has 0 fully saturated rings. The molecule has 26 heavy (non-hydrogen) atoms. The van der Waals surface area contributed by atoms with Crippen LogP contribution in [0.1, 0.15) is 36.7 Å². The van der Waals surface area contributed by atoms with Gasteiger partial charge in [-0.1, -0.05) is 38.0 Å². The average Bonchev–Trinajstić information content (AvgIpc) is 3.18. The van der Waals surface area contributed by atoms with Crippen molar-refractivity contribution in [1.82, 2.24) is 4.57 Å². The lowest BCUT2D eigenvalue weighted by atomic mass is 10.2. The minimum atomic E-state index is -0.307. The summed E-state index contributed by atoms with van der Waals surface area (Å²) in [5, 5.41) is 2.86. The van der Waals surface area contributed by atoms with Crippen molar-refractivity contribution in [2.75, 3.05) is 5.32 Å². The number of anilines is 1. The van der Waals surface area contributed by atoms with Gasteiger partial charge in [0, 0.05) is 24.4 Å². The number of nitrogens with zero attached hydrogens (tertiary/aromatic N) is 1. The third-order valence-electron chi connectivity index (χ3n) is 4.16. The number of carbonyl (C=O) groups excluding carboxylic acids is 1. The Morgan fingerprint density at radius 2 is 1.88 bits per heavy atom. The molecule has 0 saturated carbocycles. The highest BCUT2D eigenvalue weighted by molar-refractivity contribution is 6.03. The lowest BCUT2D eigenvalue weighted by molar-refractivity contribution is 0.101. The summed E-state index contributed by atoms with van der Waals surface area (Å²) in [6, 6.07) is 15.7. The molecular formula is C21H22N2O3. The van der Waals surface area contributed by atoms with Gasteiger partial charge in [-0.2, -0.15) is 0 Å². The number of hydrogen-bond acceptors (Lipinski definition) is 3. The molecule has 1 aromatic carbocycles. The molecule has 134 valence electrons. The standard InChI is InChI=1S/C21H22N2O3/c1-2-3-7-12-23-18(20-11-8-13-26-20)14-17(24)15-19(23)21(25)22-16-9-5-4-6-10-16/h4-6,8-11,13-15H,2-3,7,12H2,1H3,(H,22,25). The van der Waals surface area contributed by atoms with Crippen LogP contribution in [0.25, 0.3) is 11.5 Å². The topological polar surface area (TPSA) is 64.2 Å². The number of benzene rings is 1. The first-order valence-corrected chi connectivity index (χ1v) is 8.84. The molecule has 1 amide bonds. The molecule has 0 saturated heterocycles. The molecule has 0 aliphatic rings. The molecule has 2 aromatic heterocycles. The fraction of sp³-hybridized carbons (Fsp3) is 0.238. The lowest BCUT2D eigenvalue weighted by Crippen LogP contribution is -2.23. The van der Waals surface area contributed by atoms with E-state index < -0.39 is 0 Å². The minimum absolute atomic E-state index is 0.221. The number of aromatic nitrogens is 1. The van der Waals surface area contributed by atoms with Gasteiger partial charge in [-0.05, 0) is 30.7 Å². The first-order chi connectivity index (χ1) is 12.7. The normalized spacial score (nSPS) is 10.7. The summed E-state index contributed by atoms with van der Waals surface area (Å²) in [6.45, 7) is 2.77. The molecular weight excluding hydrogens is 328 g/mol. The van der Waals surface area contributed by atoms with Crippen LogP contribution in [0, 0.1) is 0 Å². The SMILES string of the molecule is CCCCCn1c(C(=O)Nc2ccccc2)cc(=O)cc1-c1ccco1. The first-order valence-electron chi connectivity index (χ1n) is 8.84. The van der Waals surface area contributed by atoms with E-state index in [2.05, 4.69) is 12.2 Å². The highest BCUT2D eigenvalue weighted by Gasteiger charge is 2.17. The van der Waals surface area contributed by atoms with Gasteiger partial charge >= 0.3 is 0 Å². The Kier molecular flexibility index (Phi) is 5.69. The second kappa shape index (κ2) is 8.34. The summed E-state index contributed by atoms with van der Waals surface area (Å²) >= 11 is 0. The van der Waals surface area contributed by atoms with Gasteiger partial charge in [-0.15, -0.1) is 0 Å². The van der Waals surface area contributed by atoms with E-state index in [0.717, 1.165) is 19.3 Å². The van der Waals surface area contributed by atoms with Crippen LogP contribution in [0.5, 0.6) is 0 Å². The van der Waals surface area contributed by atoms with Crippen molar-refractivity contribution in [3.05, 3.63) is 76.8 Å². The highest BCUT2D eigenvalue weighted by atomic mass is 16.3. The molecule has 3 rings (SSSR count). The molecule has 5 nitrogen and oxygen atoms in total. The van der Waals surface area contributed by atoms with Crippen molar-refractivity contribution in [1.29, 1.82) is 0 Å². The summed E-state index contributed by atoms with van der Waals surface area (Å²) in [6.07, 6.45) is 4.59. The van der Waals surface area contributed by atoms with Crippen molar-refractivity contribution in [3.63, 3.8) is 0 Å². The largest absolute Gasteiger partial charge is 0.463 e. The Labute approximate surface area is 152 Å². The van der Waals surface area contributed by atoms with Crippen LogP contribution in [0.2, 0.25) is 0 Å². The minimum Gasteiger partial charge on any atom is -0.463 e. The van der Waals surface area contributed by atoms with Crippen LogP contribution >= 0.6 is 0 Å². The summed E-state index contributed by atoms with van der Waals surface area (Å²) in [5.41, 5.74) is 1.43. The molecule has 1 N–H and O–H groups in total. The maximum absolute atomic E-state index is 12.8. The van der Waals surface area contributed by atoms with E-state index in [-0.39, 0.29) is 11.3 Å². The van der Waals surface area contributed by atoms with Gasteiger partial charge in [0.2, 0.25) is 0 Å². The zero-order valence-electron chi connectivity index (χ0n) is 14.8. The number of hydrogen-bond donors (Lipinski definition) is 1. The fourth-order valence-electron chi connectivity index (χ4n) is 2.89. The van der Waals surface area contributed by atoms with E-state index in [4.69, 9.17) is 4.42 Å². The maximum Gasteiger partial charge on any atom is 0.272 e. The summed E-state index contributed by atoms with van der Waals surface area (Å²) in [7, 11) is 0. The zero-order valence-corrected chi connectivity index (χ0v) is 14.8. The molecule has 0 radical (unpaired) electrons. The summed E-state index contributed by atoms with van der Waals surface area (Å²) < 4.78 is 7.35. The van der Waals surface area contributed by atoms with Crippen molar-refractivity contribution in [2.24, 2.45) is 0 Å². The van der Waals surface area contributed by atoms with E-state index in [9.17, 15) is 9.59 Å². The van der Waals surface area contributed by atoms with Crippen LogP contribution in [0.15, 0.2) is 70.1 Å². The fourth-order valence-corrected chi connectivity index (χ4v) is 2.89. The Morgan fingerprint density at radius 3 is 2.58 bits per heavy atom. The van der Waals surface area contributed by atoms with Crippen molar-refractivity contribution in [2.45, 2.75) is 32.7 Å². The van der Waals surface area contributed by atoms with Crippen molar-refractivity contribution >= 4 is 11.6 Å². The first kappa shape index (κ1) is 17.7. The predicted molar refractivity (Wildman–Crippen MR) is 102 cm³/mol. The third-order valence-corrected chi connectivity index (χ3v) is 4.16.